The van der Waals surface area contributed by atoms with Gasteiger partial charge in [-0.2, -0.15) is 5.26 Å². The molecule has 0 amide bonds. The number of aliphatic hydroxyl groups is 1. The monoisotopic (exact) mass is 376 g/mol. The number of nitrogen functional groups attached to an aromatic ring is 1. The van der Waals surface area contributed by atoms with Gasteiger partial charge in [-0.15, -0.1) is 0 Å². The molecule has 0 bridgehead atoms. The van der Waals surface area contributed by atoms with E-state index in [-0.39, 0.29) is 12.1 Å². The van der Waals surface area contributed by atoms with E-state index in [1.165, 1.54) is 6.33 Å². The lowest BCUT2D eigenvalue weighted by molar-refractivity contribution is 0.126. The van der Waals surface area contributed by atoms with Crippen LogP contribution in [-0.2, 0) is 0 Å². The first-order chi connectivity index (χ1) is 13.6. The molecule has 2 heterocycles. The second-order valence-corrected chi connectivity index (χ2v) is 6.84. The second-order valence-electron chi connectivity index (χ2n) is 6.84. The standard InChI is InChI=1S/C19H20N8O/c20-8-11-7-13(3-6-15(11)21)25-18-17-16(23-10-24-18)9-22-19(27-17)26-12-1-4-14(28)5-2-12/h3,6-7,9-10,12,14,28H,1-2,4-5,21H2,(H,22,26,27)(H,23,24,25)/t12-,14-. The molecule has 1 aliphatic carbocycles. The van der Waals surface area contributed by atoms with Gasteiger partial charge >= 0.3 is 0 Å². The molecular formula is C19H20N8O. The minimum absolute atomic E-state index is 0.210. The van der Waals surface area contributed by atoms with E-state index in [9.17, 15) is 5.11 Å². The summed E-state index contributed by atoms with van der Waals surface area (Å²) in [7, 11) is 0. The highest BCUT2D eigenvalue weighted by Gasteiger charge is 2.20. The van der Waals surface area contributed by atoms with Gasteiger partial charge in [-0.05, 0) is 43.9 Å². The van der Waals surface area contributed by atoms with E-state index in [2.05, 4.69) is 36.6 Å². The zero-order valence-corrected chi connectivity index (χ0v) is 15.1. The number of nitrogens with one attached hydrogen (secondary N) is 2. The van der Waals surface area contributed by atoms with Crippen molar-refractivity contribution in [3.05, 3.63) is 36.3 Å². The molecule has 9 nitrogen and oxygen atoms in total. The van der Waals surface area contributed by atoms with E-state index in [4.69, 9.17) is 11.0 Å². The van der Waals surface area contributed by atoms with Crippen molar-refractivity contribution in [3.8, 4) is 6.07 Å². The average molecular weight is 376 g/mol. The summed E-state index contributed by atoms with van der Waals surface area (Å²) in [5.74, 6) is 1.02. The van der Waals surface area contributed by atoms with Gasteiger partial charge < -0.3 is 21.5 Å². The normalized spacial score (nSPS) is 19.1. The molecule has 142 valence electrons. The number of benzene rings is 1. The lowest BCUT2D eigenvalue weighted by Crippen LogP contribution is -2.28. The maximum atomic E-state index is 9.65. The molecule has 1 fully saturated rings. The van der Waals surface area contributed by atoms with E-state index < -0.39 is 0 Å². The van der Waals surface area contributed by atoms with Crippen molar-refractivity contribution in [3.63, 3.8) is 0 Å². The van der Waals surface area contributed by atoms with Crippen molar-refractivity contribution in [2.75, 3.05) is 16.4 Å². The molecule has 4 rings (SSSR count). The quantitative estimate of drug-likeness (QED) is 0.504. The van der Waals surface area contributed by atoms with Crippen LogP contribution in [0.3, 0.4) is 0 Å². The summed E-state index contributed by atoms with van der Waals surface area (Å²) >= 11 is 0. The van der Waals surface area contributed by atoms with Crippen LogP contribution >= 0.6 is 0 Å². The fourth-order valence-corrected chi connectivity index (χ4v) is 3.29. The Hall–Kier alpha value is -3.51. The summed E-state index contributed by atoms with van der Waals surface area (Å²) < 4.78 is 0. The number of hydrogen-bond donors (Lipinski definition) is 4. The van der Waals surface area contributed by atoms with Crippen molar-refractivity contribution < 1.29 is 5.11 Å². The van der Waals surface area contributed by atoms with Crippen LogP contribution in [0.25, 0.3) is 11.0 Å². The summed E-state index contributed by atoms with van der Waals surface area (Å²) in [6, 6.07) is 7.41. The van der Waals surface area contributed by atoms with Gasteiger partial charge in [-0.1, -0.05) is 0 Å². The first kappa shape index (κ1) is 17.9. The molecular weight excluding hydrogens is 356 g/mol. The number of fused-ring (bicyclic) bond motifs is 1. The fraction of sp³-hybridized carbons (Fsp3) is 0.316. The van der Waals surface area contributed by atoms with Gasteiger partial charge in [0.15, 0.2) is 5.82 Å². The molecule has 1 aliphatic rings. The van der Waals surface area contributed by atoms with Gasteiger partial charge in [-0.25, -0.2) is 19.9 Å². The first-order valence-electron chi connectivity index (χ1n) is 9.11. The third kappa shape index (κ3) is 3.77. The van der Waals surface area contributed by atoms with E-state index >= 15 is 0 Å². The molecule has 1 saturated carbocycles. The van der Waals surface area contributed by atoms with Crippen LogP contribution < -0.4 is 16.4 Å². The molecule has 2 aromatic heterocycles. The molecule has 5 N–H and O–H groups in total. The minimum Gasteiger partial charge on any atom is -0.398 e. The van der Waals surface area contributed by atoms with Crippen molar-refractivity contribution in [2.24, 2.45) is 0 Å². The average Bonchev–Trinajstić information content (AvgIpc) is 2.71. The summed E-state index contributed by atoms with van der Waals surface area (Å²) in [5, 5.41) is 25.3. The lowest BCUT2D eigenvalue weighted by atomic mass is 9.93. The zero-order valence-electron chi connectivity index (χ0n) is 15.1. The SMILES string of the molecule is N#Cc1cc(Nc2ncnc3cnc(N[C@H]4CC[C@H](O)CC4)nc23)ccc1N. The van der Waals surface area contributed by atoms with E-state index in [1.54, 1.807) is 24.4 Å². The van der Waals surface area contributed by atoms with Crippen LogP contribution in [0, 0.1) is 11.3 Å². The number of aromatic nitrogens is 4. The Morgan fingerprint density at radius 2 is 1.96 bits per heavy atom. The van der Waals surface area contributed by atoms with Crippen molar-refractivity contribution >= 4 is 34.2 Å². The van der Waals surface area contributed by atoms with E-state index in [1.807, 2.05) is 0 Å². The molecule has 9 heteroatoms. The lowest BCUT2D eigenvalue weighted by Gasteiger charge is -2.26. The van der Waals surface area contributed by atoms with E-state index in [0.717, 1.165) is 25.7 Å². The maximum absolute atomic E-state index is 9.65. The molecule has 0 unspecified atom stereocenters. The minimum atomic E-state index is -0.210. The van der Waals surface area contributed by atoms with Gasteiger partial charge in [0.25, 0.3) is 0 Å². The Bertz CT molecular complexity index is 1040. The van der Waals surface area contributed by atoms with Crippen LogP contribution in [0.4, 0.5) is 23.1 Å². The second kappa shape index (κ2) is 7.62. The number of nitrogens with zero attached hydrogens (tertiary/aromatic N) is 5. The fourth-order valence-electron chi connectivity index (χ4n) is 3.29. The van der Waals surface area contributed by atoms with Gasteiger partial charge in [0, 0.05) is 17.4 Å². The summed E-state index contributed by atoms with van der Waals surface area (Å²) in [6.07, 6.45) is 6.19. The number of nitriles is 1. The zero-order chi connectivity index (χ0) is 19.5. The van der Waals surface area contributed by atoms with Crippen molar-refractivity contribution in [2.45, 2.75) is 37.8 Å². The van der Waals surface area contributed by atoms with Crippen LogP contribution in [0.1, 0.15) is 31.2 Å². The summed E-state index contributed by atoms with van der Waals surface area (Å²) in [6.45, 7) is 0. The molecule has 0 radical (unpaired) electrons. The molecule has 1 aromatic carbocycles. The number of rotatable bonds is 4. The number of hydrogen-bond acceptors (Lipinski definition) is 9. The highest BCUT2D eigenvalue weighted by molar-refractivity contribution is 5.87. The number of nitrogens with two attached hydrogens (primary N) is 1. The highest BCUT2D eigenvalue weighted by Crippen LogP contribution is 2.25. The Morgan fingerprint density at radius 3 is 2.75 bits per heavy atom. The van der Waals surface area contributed by atoms with Crippen LogP contribution in [0.2, 0.25) is 0 Å². The maximum Gasteiger partial charge on any atom is 0.223 e. The topological polar surface area (TPSA) is 146 Å². The smallest absolute Gasteiger partial charge is 0.223 e. The molecule has 0 aliphatic heterocycles. The van der Waals surface area contributed by atoms with Gasteiger partial charge in [-0.3, -0.25) is 0 Å². The van der Waals surface area contributed by atoms with Crippen LogP contribution in [0.15, 0.2) is 30.7 Å². The van der Waals surface area contributed by atoms with E-state index in [0.29, 0.717) is 39.7 Å². The Morgan fingerprint density at radius 1 is 1.14 bits per heavy atom. The summed E-state index contributed by atoms with van der Waals surface area (Å²) in [5.41, 5.74) is 8.46. The molecule has 0 spiro atoms. The van der Waals surface area contributed by atoms with Crippen LogP contribution in [0.5, 0.6) is 0 Å². The van der Waals surface area contributed by atoms with Crippen molar-refractivity contribution in [1.29, 1.82) is 5.26 Å². The largest absolute Gasteiger partial charge is 0.398 e. The molecule has 0 atom stereocenters. The molecule has 3 aromatic rings. The third-order valence-electron chi connectivity index (χ3n) is 4.84. The Balaban J connectivity index is 1.61. The van der Waals surface area contributed by atoms with Crippen molar-refractivity contribution in [1.82, 2.24) is 19.9 Å². The first-order valence-corrected chi connectivity index (χ1v) is 9.11. The Labute approximate surface area is 161 Å². The number of aliphatic hydroxyl groups excluding tert-OH is 1. The predicted molar refractivity (Wildman–Crippen MR) is 106 cm³/mol. The van der Waals surface area contributed by atoms with Gasteiger partial charge in [0.05, 0.1) is 17.9 Å². The molecule has 0 saturated heterocycles. The molecule has 28 heavy (non-hydrogen) atoms. The predicted octanol–water partition coefficient (Wildman–Crippen LogP) is 2.33. The van der Waals surface area contributed by atoms with Gasteiger partial charge in [0.2, 0.25) is 5.95 Å². The Kier molecular flexibility index (Phi) is 4.87. The van der Waals surface area contributed by atoms with Gasteiger partial charge in [0.1, 0.15) is 23.4 Å². The summed E-state index contributed by atoms with van der Waals surface area (Å²) in [4.78, 5) is 17.4. The number of anilines is 4. The van der Waals surface area contributed by atoms with Crippen LogP contribution in [-0.4, -0.2) is 37.2 Å². The highest BCUT2D eigenvalue weighted by atomic mass is 16.3. The third-order valence-corrected chi connectivity index (χ3v) is 4.84.